The number of nitrogens with zero attached hydrogens (tertiary/aromatic N) is 2. The van der Waals surface area contributed by atoms with Crippen molar-refractivity contribution in [1.29, 1.82) is 0 Å². The van der Waals surface area contributed by atoms with E-state index >= 15 is 0 Å². The van der Waals surface area contributed by atoms with Gasteiger partial charge in [0.1, 0.15) is 21.6 Å². The zero-order valence-electron chi connectivity index (χ0n) is 12.5. The summed E-state index contributed by atoms with van der Waals surface area (Å²) < 4.78 is 15.2. The van der Waals surface area contributed by atoms with Gasteiger partial charge in [-0.1, -0.05) is 4.40 Å². The van der Waals surface area contributed by atoms with Gasteiger partial charge in [0.15, 0.2) is 0 Å². The summed E-state index contributed by atoms with van der Waals surface area (Å²) in [6.07, 6.45) is 1.46. The second kappa shape index (κ2) is 6.65. The lowest BCUT2D eigenvalue weighted by Crippen LogP contribution is -2.52. The molecule has 1 rings (SSSR count). The standard InChI is InChI=1S/C13H22N2O5S/c1-12(2,3)21(20)14-8-4-6-13(10(16)17)7-5-9-15(13)11(18)19/h8H,4-7,9H2,1-3H3,(H,16,17)(H,18,19)/t13-,21-/m0/s1. The van der Waals surface area contributed by atoms with Gasteiger partial charge in [-0.25, -0.2) is 9.59 Å². The molecule has 0 aromatic carbocycles. The Hall–Kier alpha value is -1.28. The number of amides is 1. The number of carboxylic acid groups (broad SMARTS) is 2. The zero-order chi connectivity index (χ0) is 16.3. The van der Waals surface area contributed by atoms with Gasteiger partial charge in [0, 0.05) is 6.54 Å². The van der Waals surface area contributed by atoms with Crippen molar-refractivity contribution in [2.75, 3.05) is 6.54 Å². The Labute approximate surface area is 127 Å². The van der Waals surface area contributed by atoms with Gasteiger partial charge in [0.25, 0.3) is 0 Å². The quantitative estimate of drug-likeness (QED) is 0.593. The average molecular weight is 318 g/mol. The third-order valence-corrected chi connectivity index (χ3v) is 4.89. The zero-order valence-corrected chi connectivity index (χ0v) is 13.4. The van der Waals surface area contributed by atoms with Crippen molar-refractivity contribution in [3.8, 4) is 0 Å². The minimum absolute atomic E-state index is 0.138. The fraction of sp³-hybridized carbons (Fsp3) is 0.769. The van der Waals surface area contributed by atoms with Crippen LogP contribution in [-0.2, 0) is 16.2 Å². The lowest BCUT2D eigenvalue weighted by molar-refractivity contribution is -0.149. The van der Waals surface area contributed by atoms with E-state index in [0.29, 0.717) is 12.8 Å². The highest BCUT2D eigenvalue weighted by atomic mass is 32.2. The van der Waals surface area contributed by atoms with E-state index in [9.17, 15) is 19.2 Å². The van der Waals surface area contributed by atoms with Crippen molar-refractivity contribution in [1.82, 2.24) is 4.90 Å². The van der Waals surface area contributed by atoms with Crippen LogP contribution in [0.25, 0.3) is 0 Å². The third-order valence-electron chi connectivity index (χ3n) is 3.50. The molecule has 0 aliphatic carbocycles. The largest absolute Gasteiger partial charge is 0.591 e. The Morgan fingerprint density at radius 2 is 2.05 bits per heavy atom. The van der Waals surface area contributed by atoms with Crippen LogP contribution >= 0.6 is 0 Å². The summed E-state index contributed by atoms with van der Waals surface area (Å²) in [6, 6.07) is 0. The van der Waals surface area contributed by atoms with Gasteiger partial charge in [-0.3, -0.25) is 4.90 Å². The Bertz CT molecular complexity index is 435. The molecular formula is C13H22N2O5S. The molecule has 1 fully saturated rings. The van der Waals surface area contributed by atoms with Crippen LogP contribution in [0.15, 0.2) is 4.40 Å². The summed E-state index contributed by atoms with van der Waals surface area (Å²) in [5.74, 6) is -1.13. The van der Waals surface area contributed by atoms with Gasteiger partial charge in [-0.05, 0) is 46.5 Å². The highest BCUT2D eigenvalue weighted by Crippen LogP contribution is 2.34. The first-order chi connectivity index (χ1) is 9.61. The van der Waals surface area contributed by atoms with Crippen LogP contribution < -0.4 is 0 Å². The lowest BCUT2D eigenvalue weighted by atomic mass is 9.91. The second-order valence-corrected chi connectivity index (χ2v) is 8.00. The predicted octanol–water partition coefficient (Wildman–Crippen LogP) is 1.90. The molecule has 8 heteroatoms. The first-order valence-corrected chi connectivity index (χ1v) is 7.90. The van der Waals surface area contributed by atoms with Crippen LogP contribution in [0.5, 0.6) is 0 Å². The molecule has 1 saturated heterocycles. The normalized spacial score (nSPS) is 24.5. The number of hydrogen-bond donors (Lipinski definition) is 2. The summed E-state index contributed by atoms with van der Waals surface area (Å²) in [7, 11) is 0. The summed E-state index contributed by atoms with van der Waals surface area (Å²) >= 11 is -1.39. The SMILES string of the molecule is CC(C)(C)[S@+]([O-])N=CCC[C@@]1(C(=O)O)CCCN1C(=O)O. The highest BCUT2D eigenvalue weighted by Gasteiger charge is 2.49. The molecule has 21 heavy (non-hydrogen) atoms. The Balaban J connectivity index is 2.71. The van der Waals surface area contributed by atoms with Crippen LogP contribution in [0.1, 0.15) is 46.5 Å². The van der Waals surface area contributed by atoms with E-state index in [2.05, 4.69) is 4.40 Å². The van der Waals surface area contributed by atoms with Crippen LogP contribution in [0.3, 0.4) is 0 Å². The molecular weight excluding hydrogens is 296 g/mol. The van der Waals surface area contributed by atoms with Crippen molar-refractivity contribution in [2.24, 2.45) is 4.40 Å². The van der Waals surface area contributed by atoms with E-state index in [1.165, 1.54) is 6.21 Å². The Kier molecular flexibility index (Phi) is 5.63. The maximum absolute atomic E-state index is 11.7. The maximum Gasteiger partial charge on any atom is 0.408 e. The average Bonchev–Trinajstić information content (AvgIpc) is 2.78. The van der Waals surface area contributed by atoms with Gasteiger partial charge >= 0.3 is 12.1 Å². The molecule has 0 unspecified atom stereocenters. The molecule has 0 radical (unpaired) electrons. The van der Waals surface area contributed by atoms with Crippen LogP contribution in [0.2, 0.25) is 0 Å². The first kappa shape index (κ1) is 17.8. The molecule has 1 aliphatic rings. The Morgan fingerprint density at radius 3 is 2.52 bits per heavy atom. The molecule has 1 aliphatic heterocycles. The predicted molar refractivity (Wildman–Crippen MR) is 80.0 cm³/mol. The number of hydrogen-bond acceptors (Lipinski definition) is 4. The fourth-order valence-corrected chi connectivity index (χ4v) is 2.89. The molecule has 7 nitrogen and oxygen atoms in total. The minimum atomic E-state index is -1.39. The number of carboxylic acids is 1. The molecule has 0 bridgehead atoms. The highest BCUT2D eigenvalue weighted by molar-refractivity contribution is 7.91. The van der Waals surface area contributed by atoms with E-state index in [4.69, 9.17) is 5.11 Å². The van der Waals surface area contributed by atoms with E-state index in [1.54, 1.807) is 20.8 Å². The molecule has 2 atom stereocenters. The summed E-state index contributed by atoms with van der Waals surface area (Å²) in [4.78, 5) is 23.7. The van der Waals surface area contributed by atoms with Crippen LogP contribution in [0, 0.1) is 0 Å². The van der Waals surface area contributed by atoms with Gasteiger partial charge in [-0.2, -0.15) is 0 Å². The van der Waals surface area contributed by atoms with E-state index < -0.39 is 33.7 Å². The first-order valence-electron chi connectivity index (χ1n) is 6.80. The van der Waals surface area contributed by atoms with E-state index in [0.717, 1.165) is 4.90 Å². The van der Waals surface area contributed by atoms with E-state index in [1.807, 2.05) is 0 Å². The van der Waals surface area contributed by atoms with Crippen molar-refractivity contribution in [2.45, 2.75) is 56.7 Å². The maximum atomic E-state index is 11.7. The third kappa shape index (κ3) is 4.10. The van der Waals surface area contributed by atoms with Crippen LogP contribution in [-0.4, -0.2) is 54.8 Å². The molecule has 120 valence electrons. The number of aliphatic carboxylic acids is 1. The topological polar surface area (TPSA) is 113 Å². The van der Waals surface area contributed by atoms with Crippen molar-refractivity contribution in [3.63, 3.8) is 0 Å². The molecule has 1 amide bonds. The van der Waals surface area contributed by atoms with Gasteiger partial charge in [0.05, 0.1) is 6.21 Å². The van der Waals surface area contributed by atoms with Crippen LogP contribution in [0.4, 0.5) is 4.79 Å². The summed E-state index contributed by atoms with van der Waals surface area (Å²) in [5, 5.41) is 18.5. The van der Waals surface area contributed by atoms with Gasteiger partial charge in [0.2, 0.25) is 0 Å². The summed E-state index contributed by atoms with van der Waals surface area (Å²) in [5.41, 5.74) is -1.39. The monoisotopic (exact) mass is 318 g/mol. The van der Waals surface area contributed by atoms with Crippen molar-refractivity contribution in [3.05, 3.63) is 0 Å². The van der Waals surface area contributed by atoms with Gasteiger partial charge < -0.3 is 14.8 Å². The Morgan fingerprint density at radius 1 is 1.43 bits per heavy atom. The molecule has 0 spiro atoms. The second-order valence-electron chi connectivity index (χ2n) is 6.06. The smallest absolute Gasteiger partial charge is 0.408 e. The number of likely N-dealkylation sites (tertiary alicyclic amines) is 1. The van der Waals surface area contributed by atoms with E-state index in [-0.39, 0.29) is 19.4 Å². The molecule has 2 N–H and O–H groups in total. The van der Waals surface area contributed by atoms with Crippen molar-refractivity contribution < 1.29 is 24.4 Å². The minimum Gasteiger partial charge on any atom is -0.591 e. The fourth-order valence-electron chi connectivity index (χ4n) is 2.33. The summed E-state index contributed by atoms with van der Waals surface area (Å²) in [6.45, 7) is 5.61. The number of carbonyl (C=O) groups is 2. The molecule has 0 saturated carbocycles. The molecule has 0 aromatic heterocycles. The van der Waals surface area contributed by atoms with Crippen molar-refractivity contribution >= 4 is 29.6 Å². The number of rotatable bonds is 5. The van der Waals surface area contributed by atoms with Gasteiger partial charge in [-0.15, -0.1) is 0 Å². The molecule has 1 heterocycles. The lowest BCUT2D eigenvalue weighted by Gasteiger charge is -2.32. The molecule has 0 aromatic rings.